The molecular weight excluding hydrogens is 359 g/mol. The molecule has 112 valence electrons. The fourth-order valence-electron chi connectivity index (χ4n) is 2.11. The third kappa shape index (κ3) is 3.41. The van der Waals surface area contributed by atoms with Crippen molar-refractivity contribution in [2.75, 3.05) is 4.72 Å². The van der Waals surface area contributed by atoms with Gasteiger partial charge in [0.1, 0.15) is 11.6 Å². The second kappa shape index (κ2) is 5.73. The highest BCUT2D eigenvalue weighted by atomic mass is 79.9. The molecule has 1 aromatic heterocycles. The Labute approximate surface area is 131 Å². The van der Waals surface area contributed by atoms with Crippen LogP contribution in [0.25, 0.3) is 0 Å². The van der Waals surface area contributed by atoms with Gasteiger partial charge in [0.25, 0.3) is 10.0 Å². The zero-order chi connectivity index (χ0) is 15.8. The predicted octanol–water partition coefficient (Wildman–Crippen LogP) is 3.71. The van der Waals surface area contributed by atoms with Gasteiger partial charge < -0.3 is 0 Å². The molecule has 7 heteroatoms. The van der Waals surface area contributed by atoms with Crippen molar-refractivity contribution in [1.29, 1.82) is 0 Å². The van der Waals surface area contributed by atoms with Crippen LogP contribution in [0.2, 0.25) is 0 Å². The van der Waals surface area contributed by atoms with Crippen molar-refractivity contribution in [3.8, 4) is 0 Å². The number of halogens is 2. The maximum absolute atomic E-state index is 13.3. The topological polar surface area (TPSA) is 59.1 Å². The maximum Gasteiger partial charge on any atom is 0.263 e. The van der Waals surface area contributed by atoms with E-state index < -0.39 is 15.8 Å². The lowest BCUT2D eigenvalue weighted by atomic mass is 10.1. The fraction of sp³-hybridized carbons (Fsp3) is 0.214. The number of nitrogens with zero attached hydrogens (tertiary/aromatic N) is 1. The molecule has 0 saturated carbocycles. The van der Waals surface area contributed by atoms with E-state index in [4.69, 9.17) is 0 Å². The van der Waals surface area contributed by atoms with Gasteiger partial charge in [-0.3, -0.25) is 4.72 Å². The highest BCUT2D eigenvalue weighted by molar-refractivity contribution is 9.10. The van der Waals surface area contributed by atoms with E-state index in [0.29, 0.717) is 11.1 Å². The second-order valence-electron chi connectivity index (χ2n) is 4.79. The maximum atomic E-state index is 13.3. The fourth-order valence-corrected chi connectivity index (χ4v) is 3.78. The molecule has 0 aliphatic heterocycles. The molecule has 1 N–H and O–H groups in total. The first-order valence-electron chi connectivity index (χ1n) is 6.12. The highest BCUT2D eigenvalue weighted by Crippen LogP contribution is 2.24. The molecule has 0 radical (unpaired) electrons. The minimum absolute atomic E-state index is 0.0753. The van der Waals surface area contributed by atoms with Gasteiger partial charge in [-0.1, -0.05) is 0 Å². The Balaban J connectivity index is 2.46. The van der Waals surface area contributed by atoms with E-state index in [1.165, 1.54) is 18.3 Å². The summed E-state index contributed by atoms with van der Waals surface area (Å²) in [5.74, 6) is -0.236. The number of aromatic nitrogens is 1. The zero-order valence-electron chi connectivity index (χ0n) is 11.7. The van der Waals surface area contributed by atoms with Crippen LogP contribution in [0.4, 0.5) is 10.2 Å². The van der Waals surface area contributed by atoms with E-state index in [-0.39, 0.29) is 10.7 Å². The average Bonchev–Trinajstić information content (AvgIpc) is 2.31. The summed E-state index contributed by atoms with van der Waals surface area (Å²) >= 11 is 3.30. The number of anilines is 1. The van der Waals surface area contributed by atoms with Gasteiger partial charge >= 0.3 is 0 Å². The van der Waals surface area contributed by atoms with E-state index in [2.05, 4.69) is 25.6 Å². The molecule has 0 fully saturated rings. The normalized spacial score (nSPS) is 11.5. The van der Waals surface area contributed by atoms with E-state index in [1.807, 2.05) is 6.92 Å². The zero-order valence-corrected chi connectivity index (χ0v) is 14.1. The molecule has 0 aliphatic rings. The highest BCUT2D eigenvalue weighted by Gasteiger charge is 2.21. The first kappa shape index (κ1) is 15.9. The van der Waals surface area contributed by atoms with Gasteiger partial charge in [-0.2, -0.15) is 0 Å². The van der Waals surface area contributed by atoms with Gasteiger partial charge in [0.05, 0.1) is 4.90 Å². The van der Waals surface area contributed by atoms with Crippen LogP contribution in [0.5, 0.6) is 0 Å². The van der Waals surface area contributed by atoms with Crippen molar-refractivity contribution >= 4 is 31.8 Å². The molecule has 21 heavy (non-hydrogen) atoms. The van der Waals surface area contributed by atoms with Crippen molar-refractivity contribution in [2.24, 2.45) is 0 Å². The summed E-state index contributed by atoms with van der Waals surface area (Å²) in [7, 11) is -3.82. The largest absolute Gasteiger partial charge is 0.263 e. The first-order chi connectivity index (χ1) is 9.70. The molecule has 0 amide bonds. The van der Waals surface area contributed by atoms with E-state index >= 15 is 0 Å². The minimum Gasteiger partial charge on any atom is -0.263 e. The van der Waals surface area contributed by atoms with Gasteiger partial charge in [-0.05, 0) is 71.6 Å². The number of hydrogen-bond donors (Lipinski definition) is 1. The standard InChI is InChI=1S/C14H14BrFN2O2S/c1-8-6-13(17-7-12(8)15)18-21(19,20)14-9(2)4-11(16)5-10(14)3/h4-7H,1-3H3,(H,17,18). The van der Waals surface area contributed by atoms with Crippen LogP contribution in [-0.2, 0) is 10.0 Å². The molecule has 2 aromatic rings. The monoisotopic (exact) mass is 372 g/mol. The number of rotatable bonds is 3. The summed E-state index contributed by atoms with van der Waals surface area (Å²) in [6.07, 6.45) is 1.53. The van der Waals surface area contributed by atoms with Crippen molar-refractivity contribution in [2.45, 2.75) is 25.7 Å². The summed E-state index contributed by atoms with van der Waals surface area (Å²) in [6.45, 7) is 4.95. The van der Waals surface area contributed by atoms with Gasteiger partial charge in [0.15, 0.2) is 0 Å². The Morgan fingerprint density at radius 2 is 1.67 bits per heavy atom. The average molecular weight is 373 g/mol. The second-order valence-corrected chi connectivity index (χ2v) is 7.27. The number of nitrogens with one attached hydrogen (secondary N) is 1. The summed E-state index contributed by atoms with van der Waals surface area (Å²) < 4.78 is 41.4. The molecule has 0 spiro atoms. The van der Waals surface area contributed by atoms with Crippen molar-refractivity contribution in [1.82, 2.24) is 4.98 Å². The molecular formula is C14H14BrFN2O2S. The van der Waals surface area contributed by atoms with Gasteiger partial charge in [-0.15, -0.1) is 0 Å². The lowest BCUT2D eigenvalue weighted by Crippen LogP contribution is -2.17. The smallest absolute Gasteiger partial charge is 0.263 e. The van der Waals surface area contributed by atoms with E-state index in [0.717, 1.165) is 10.0 Å². The third-order valence-electron chi connectivity index (χ3n) is 2.98. The van der Waals surface area contributed by atoms with Crippen molar-refractivity contribution in [3.63, 3.8) is 0 Å². The van der Waals surface area contributed by atoms with Gasteiger partial charge in [0.2, 0.25) is 0 Å². The minimum atomic E-state index is -3.82. The number of benzene rings is 1. The van der Waals surface area contributed by atoms with E-state index in [1.54, 1.807) is 19.9 Å². The summed E-state index contributed by atoms with van der Waals surface area (Å²) in [5.41, 5.74) is 1.57. The Morgan fingerprint density at radius 3 is 2.19 bits per heavy atom. The van der Waals surface area contributed by atoms with Crippen LogP contribution in [0, 0.1) is 26.6 Å². The summed E-state index contributed by atoms with van der Waals surface area (Å²) in [5, 5.41) is 0. The molecule has 2 rings (SSSR count). The van der Waals surface area contributed by atoms with Crippen LogP contribution in [0.15, 0.2) is 33.8 Å². The van der Waals surface area contributed by atoms with Crippen LogP contribution in [0.3, 0.4) is 0 Å². The van der Waals surface area contributed by atoms with Crippen LogP contribution < -0.4 is 4.72 Å². The van der Waals surface area contributed by atoms with Crippen LogP contribution >= 0.6 is 15.9 Å². The Kier molecular flexibility index (Phi) is 4.34. The van der Waals surface area contributed by atoms with Gasteiger partial charge in [0, 0.05) is 10.7 Å². The molecule has 0 aliphatic carbocycles. The lowest BCUT2D eigenvalue weighted by molar-refractivity contribution is 0.597. The Bertz CT molecular complexity index is 784. The third-order valence-corrected chi connectivity index (χ3v) is 5.47. The summed E-state index contributed by atoms with van der Waals surface area (Å²) in [4.78, 5) is 4.09. The molecule has 4 nitrogen and oxygen atoms in total. The van der Waals surface area contributed by atoms with Crippen molar-refractivity contribution < 1.29 is 12.8 Å². The molecule has 1 aromatic carbocycles. The molecule has 0 bridgehead atoms. The Morgan fingerprint density at radius 1 is 1.10 bits per heavy atom. The van der Waals surface area contributed by atoms with E-state index in [9.17, 15) is 12.8 Å². The Hall–Kier alpha value is -1.47. The number of sulfonamides is 1. The van der Waals surface area contributed by atoms with Crippen LogP contribution in [0.1, 0.15) is 16.7 Å². The molecule has 1 heterocycles. The SMILES string of the molecule is Cc1cc(NS(=O)(=O)c2c(C)cc(F)cc2C)ncc1Br. The van der Waals surface area contributed by atoms with Crippen LogP contribution in [-0.4, -0.2) is 13.4 Å². The van der Waals surface area contributed by atoms with Gasteiger partial charge in [-0.25, -0.2) is 17.8 Å². The quantitative estimate of drug-likeness (QED) is 0.893. The molecule has 0 unspecified atom stereocenters. The summed E-state index contributed by atoms with van der Waals surface area (Å²) in [6, 6.07) is 4.01. The molecule has 0 atom stereocenters. The number of hydrogen-bond acceptors (Lipinski definition) is 3. The number of aryl methyl sites for hydroxylation is 3. The van der Waals surface area contributed by atoms with Crippen molar-refractivity contribution in [3.05, 3.63) is 51.4 Å². The predicted molar refractivity (Wildman–Crippen MR) is 83.4 cm³/mol. The first-order valence-corrected chi connectivity index (χ1v) is 8.40. The number of pyridine rings is 1. The molecule has 0 saturated heterocycles. The lowest BCUT2D eigenvalue weighted by Gasteiger charge is -2.13.